The Balaban J connectivity index is 2.09. The summed E-state index contributed by atoms with van der Waals surface area (Å²) in [5, 5.41) is 8.91. The van der Waals surface area contributed by atoms with E-state index in [1.165, 1.54) is 30.5 Å². The van der Waals surface area contributed by atoms with Gasteiger partial charge in [-0.3, -0.25) is 4.98 Å². The zero-order chi connectivity index (χ0) is 16.9. The zero-order valence-electron chi connectivity index (χ0n) is 12.4. The number of benzene rings is 1. The first-order valence-electron chi connectivity index (χ1n) is 6.83. The van der Waals surface area contributed by atoms with Gasteiger partial charge in [0.05, 0.1) is 29.3 Å². The van der Waals surface area contributed by atoms with Gasteiger partial charge in [0.25, 0.3) is 0 Å². The highest BCUT2D eigenvalue weighted by Gasteiger charge is 2.14. The Labute approximate surface area is 134 Å². The Bertz CT molecular complexity index is 788. The summed E-state index contributed by atoms with van der Waals surface area (Å²) in [6.45, 7) is 2.23. The number of carbonyl (C=O) groups is 1. The molecule has 0 aliphatic carbocycles. The highest BCUT2D eigenvalue weighted by molar-refractivity contribution is 7.89. The summed E-state index contributed by atoms with van der Waals surface area (Å²) in [5.41, 5.74) is 0.370. The van der Waals surface area contributed by atoms with Crippen LogP contribution in [0.3, 0.4) is 0 Å². The van der Waals surface area contributed by atoms with E-state index in [1.54, 1.807) is 12.1 Å². The van der Waals surface area contributed by atoms with Gasteiger partial charge in [0.2, 0.25) is 10.0 Å². The van der Waals surface area contributed by atoms with Crippen molar-refractivity contribution in [3.8, 4) is 5.75 Å². The third-order valence-corrected chi connectivity index (χ3v) is 4.37. The molecule has 23 heavy (non-hydrogen) atoms. The lowest BCUT2D eigenvalue weighted by Crippen LogP contribution is -2.23. The maximum absolute atomic E-state index is 12.2. The van der Waals surface area contributed by atoms with Gasteiger partial charge in [0.1, 0.15) is 5.75 Å². The van der Waals surface area contributed by atoms with Gasteiger partial charge in [-0.15, -0.1) is 0 Å². The van der Waals surface area contributed by atoms with Gasteiger partial charge in [-0.1, -0.05) is 0 Å². The van der Waals surface area contributed by atoms with Crippen LogP contribution in [0.2, 0.25) is 0 Å². The predicted molar refractivity (Wildman–Crippen MR) is 82.8 cm³/mol. The molecule has 0 saturated heterocycles. The average Bonchev–Trinajstić information content (AvgIpc) is 2.54. The standard InChI is InChI=1S/C15H16N2O5S/c1-2-22-13-3-5-14(6-4-13)23(20,21)17-10-12-9-11(15(18)19)7-8-16-12/h3-9,17H,2,10H2,1H3,(H,18,19). The summed E-state index contributed by atoms with van der Waals surface area (Å²) in [6.07, 6.45) is 1.32. The summed E-state index contributed by atoms with van der Waals surface area (Å²) in [7, 11) is -3.72. The fourth-order valence-corrected chi connectivity index (χ4v) is 2.84. The van der Waals surface area contributed by atoms with Crippen LogP contribution in [0.15, 0.2) is 47.5 Å². The second-order valence-electron chi connectivity index (χ2n) is 4.57. The van der Waals surface area contributed by atoms with Crippen LogP contribution in [-0.2, 0) is 16.6 Å². The van der Waals surface area contributed by atoms with E-state index in [4.69, 9.17) is 9.84 Å². The minimum Gasteiger partial charge on any atom is -0.494 e. The van der Waals surface area contributed by atoms with Crippen molar-refractivity contribution >= 4 is 16.0 Å². The first-order chi connectivity index (χ1) is 10.9. The molecule has 0 saturated carbocycles. The monoisotopic (exact) mass is 336 g/mol. The third-order valence-electron chi connectivity index (χ3n) is 2.95. The van der Waals surface area contributed by atoms with E-state index >= 15 is 0 Å². The molecular formula is C15H16N2O5S. The largest absolute Gasteiger partial charge is 0.494 e. The van der Waals surface area contributed by atoms with Gasteiger partial charge in [-0.2, -0.15) is 0 Å². The lowest BCUT2D eigenvalue weighted by Gasteiger charge is -2.08. The molecule has 0 aliphatic heterocycles. The first-order valence-corrected chi connectivity index (χ1v) is 8.31. The van der Waals surface area contributed by atoms with Crippen LogP contribution in [0.25, 0.3) is 0 Å². The van der Waals surface area contributed by atoms with Crippen molar-refractivity contribution < 1.29 is 23.1 Å². The second-order valence-corrected chi connectivity index (χ2v) is 6.34. The number of sulfonamides is 1. The van der Waals surface area contributed by atoms with Crippen LogP contribution in [0.5, 0.6) is 5.75 Å². The number of nitrogens with one attached hydrogen (secondary N) is 1. The van der Waals surface area contributed by atoms with Crippen LogP contribution in [0.4, 0.5) is 0 Å². The number of rotatable bonds is 7. The maximum Gasteiger partial charge on any atom is 0.335 e. The highest BCUT2D eigenvalue weighted by atomic mass is 32.2. The Morgan fingerprint density at radius 3 is 2.57 bits per heavy atom. The van der Waals surface area contributed by atoms with Crippen molar-refractivity contribution in [2.75, 3.05) is 6.61 Å². The molecule has 0 atom stereocenters. The summed E-state index contributed by atoms with van der Waals surface area (Å²) in [4.78, 5) is 14.9. The second kappa shape index (κ2) is 7.21. The fourth-order valence-electron chi connectivity index (χ4n) is 1.84. The summed E-state index contributed by atoms with van der Waals surface area (Å²) in [5.74, 6) is -0.509. The lowest BCUT2D eigenvalue weighted by molar-refractivity contribution is 0.0696. The number of aromatic carboxylic acids is 1. The predicted octanol–water partition coefficient (Wildman–Crippen LogP) is 1.66. The molecule has 0 bridgehead atoms. The van der Waals surface area contributed by atoms with Gasteiger partial charge in [-0.25, -0.2) is 17.9 Å². The first kappa shape index (κ1) is 16.9. The molecule has 2 N–H and O–H groups in total. The number of hydrogen-bond acceptors (Lipinski definition) is 5. The van der Waals surface area contributed by atoms with Crippen LogP contribution in [0, 0.1) is 0 Å². The number of pyridine rings is 1. The number of carboxylic acid groups (broad SMARTS) is 1. The van der Waals surface area contributed by atoms with E-state index in [-0.39, 0.29) is 17.0 Å². The third kappa shape index (κ3) is 4.51. The van der Waals surface area contributed by atoms with E-state index < -0.39 is 16.0 Å². The number of carboxylic acids is 1. The minimum absolute atomic E-state index is 0.0512. The molecule has 122 valence electrons. The molecular weight excluding hydrogens is 320 g/mol. The zero-order valence-corrected chi connectivity index (χ0v) is 13.2. The Morgan fingerprint density at radius 2 is 1.96 bits per heavy atom. The van der Waals surface area contributed by atoms with Gasteiger partial charge in [-0.05, 0) is 43.3 Å². The van der Waals surface area contributed by atoms with E-state index in [0.717, 1.165) is 0 Å². The fraction of sp³-hybridized carbons (Fsp3) is 0.200. The molecule has 0 spiro atoms. The average molecular weight is 336 g/mol. The molecule has 1 aromatic heterocycles. The number of ether oxygens (including phenoxy) is 1. The van der Waals surface area contributed by atoms with Crippen LogP contribution < -0.4 is 9.46 Å². The molecule has 0 fully saturated rings. The van der Waals surface area contributed by atoms with Gasteiger partial charge in [0.15, 0.2) is 0 Å². The molecule has 7 nitrogen and oxygen atoms in total. The van der Waals surface area contributed by atoms with E-state index in [0.29, 0.717) is 18.1 Å². The molecule has 0 radical (unpaired) electrons. The molecule has 8 heteroatoms. The molecule has 2 rings (SSSR count). The summed E-state index contributed by atoms with van der Waals surface area (Å²) < 4.78 is 32.0. The van der Waals surface area contributed by atoms with Crippen LogP contribution in [0.1, 0.15) is 23.0 Å². The Morgan fingerprint density at radius 1 is 1.26 bits per heavy atom. The number of hydrogen-bond donors (Lipinski definition) is 2. The van der Waals surface area contributed by atoms with E-state index in [1.807, 2.05) is 6.92 Å². The maximum atomic E-state index is 12.2. The van der Waals surface area contributed by atoms with Crippen molar-refractivity contribution in [2.45, 2.75) is 18.4 Å². The SMILES string of the molecule is CCOc1ccc(S(=O)(=O)NCc2cc(C(=O)O)ccn2)cc1. The summed E-state index contributed by atoms with van der Waals surface area (Å²) in [6, 6.07) is 8.68. The molecule has 2 aromatic rings. The normalized spacial score (nSPS) is 11.2. The van der Waals surface area contributed by atoms with Gasteiger partial charge in [0, 0.05) is 6.20 Å². The molecule has 0 amide bonds. The number of nitrogens with zero attached hydrogens (tertiary/aromatic N) is 1. The highest BCUT2D eigenvalue weighted by Crippen LogP contribution is 2.16. The minimum atomic E-state index is -3.72. The molecule has 0 unspecified atom stereocenters. The Hall–Kier alpha value is -2.45. The quantitative estimate of drug-likeness (QED) is 0.796. The number of aromatic nitrogens is 1. The van der Waals surface area contributed by atoms with Gasteiger partial charge < -0.3 is 9.84 Å². The lowest BCUT2D eigenvalue weighted by atomic mass is 10.2. The van der Waals surface area contributed by atoms with Crippen molar-refractivity contribution in [1.82, 2.24) is 9.71 Å². The van der Waals surface area contributed by atoms with Crippen molar-refractivity contribution in [1.29, 1.82) is 0 Å². The van der Waals surface area contributed by atoms with Gasteiger partial charge >= 0.3 is 5.97 Å². The topological polar surface area (TPSA) is 106 Å². The van der Waals surface area contributed by atoms with Crippen molar-refractivity contribution in [3.63, 3.8) is 0 Å². The van der Waals surface area contributed by atoms with Crippen LogP contribution >= 0.6 is 0 Å². The van der Waals surface area contributed by atoms with E-state index in [9.17, 15) is 13.2 Å². The molecule has 0 aliphatic rings. The van der Waals surface area contributed by atoms with Crippen molar-refractivity contribution in [3.05, 3.63) is 53.9 Å². The summed E-state index contributed by atoms with van der Waals surface area (Å²) >= 11 is 0. The molecule has 1 aromatic carbocycles. The smallest absolute Gasteiger partial charge is 0.335 e. The Kier molecular flexibility index (Phi) is 5.30. The molecule has 1 heterocycles. The van der Waals surface area contributed by atoms with Crippen LogP contribution in [-0.4, -0.2) is 31.1 Å². The van der Waals surface area contributed by atoms with Crippen molar-refractivity contribution in [2.24, 2.45) is 0 Å². The van der Waals surface area contributed by atoms with E-state index in [2.05, 4.69) is 9.71 Å².